The zero-order valence-corrected chi connectivity index (χ0v) is 15.3. The van der Waals surface area contributed by atoms with E-state index in [2.05, 4.69) is 27.8 Å². The Labute approximate surface area is 149 Å². The summed E-state index contributed by atoms with van der Waals surface area (Å²) in [4.78, 5) is 18.1. The number of ether oxygens (including phenoxy) is 1. The Morgan fingerprint density at radius 3 is 2.91 bits per heavy atom. The van der Waals surface area contributed by atoms with Crippen molar-refractivity contribution < 1.29 is 9.53 Å². The van der Waals surface area contributed by atoms with Gasteiger partial charge in [0.05, 0.1) is 11.0 Å². The lowest BCUT2D eigenvalue weighted by Gasteiger charge is -2.22. The predicted octanol–water partition coefficient (Wildman–Crippen LogP) is 4.45. The molecule has 2 rings (SSSR count). The number of carbonyl (C=O) groups excluding carboxylic acids is 1. The highest BCUT2D eigenvalue weighted by molar-refractivity contribution is 9.10. The molecule has 0 aliphatic rings. The van der Waals surface area contributed by atoms with Crippen molar-refractivity contribution in [1.82, 2.24) is 14.5 Å². The second-order valence-corrected chi connectivity index (χ2v) is 6.31. The Morgan fingerprint density at radius 1 is 1.43 bits per heavy atom. The molecule has 0 fully saturated rings. The maximum Gasteiger partial charge on any atom is 0.329 e. The molecule has 0 N–H and O–H groups in total. The number of nitrogens with zero attached hydrogens (tertiary/aromatic N) is 3. The van der Waals surface area contributed by atoms with Gasteiger partial charge in [-0.2, -0.15) is 0 Å². The maximum atomic E-state index is 12.4. The Morgan fingerprint density at radius 2 is 2.26 bits per heavy atom. The highest BCUT2D eigenvalue weighted by Gasteiger charge is 2.15. The van der Waals surface area contributed by atoms with Crippen LogP contribution >= 0.6 is 27.5 Å². The summed E-state index contributed by atoms with van der Waals surface area (Å²) < 4.78 is 8.02. The number of rotatable bonds is 7. The molecule has 0 radical (unpaired) electrons. The van der Waals surface area contributed by atoms with Crippen LogP contribution in [0.25, 0.3) is 0 Å². The minimum atomic E-state index is -0.0882. The summed E-state index contributed by atoms with van der Waals surface area (Å²) in [6.07, 6.45) is 6.73. The Balaban J connectivity index is 1.94. The first-order valence-corrected chi connectivity index (χ1v) is 8.64. The van der Waals surface area contributed by atoms with E-state index in [0.717, 1.165) is 17.3 Å². The van der Waals surface area contributed by atoms with Crippen LogP contribution in [-0.2, 0) is 0 Å². The zero-order chi connectivity index (χ0) is 16.7. The molecule has 0 unspecified atom stereocenters. The quantitative estimate of drug-likeness (QED) is 0.690. The maximum absolute atomic E-state index is 12.4. The van der Waals surface area contributed by atoms with Crippen molar-refractivity contribution in [2.45, 2.75) is 19.8 Å². The second-order valence-electron chi connectivity index (χ2n) is 5.02. The van der Waals surface area contributed by atoms with E-state index in [0.29, 0.717) is 30.5 Å². The van der Waals surface area contributed by atoms with Gasteiger partial charge in [-0.1, -0.05) is 24.9 Å². The van der Waals surface area contributed by atoms with Crippen LogP contribution in [0.1, 0.15) is 19.8 Å². The van der Waals surface area contributed by atoms with E-state index in [-0.39, 0.29) is 6.03 Å². The molecule has 7 heteroatoms. The van der Waals surface area contributed by atoms with Crippen LogP contribution in [0.5, 0.6) is 5.75 Å². The van der Waals surface area contributed by atoms with E-state index in [1.165, 1.54) is 10.9 Å². The van der Waals surface area contributed by atoms with Crippen molar-refractivity contribution in [2.75, 3.05) is 19.7 Å². The highest BCUT2D eigenvalue weighted by atomic mass is 79.9. The van der Waals surface area contributed by atoms with Gasteiger partial charge in [0.2, 0.25) is 0 Å². The number of halogens is 2. The van der Waals surface area contributed by atoms with E-state index in [4.69, 9.17) is 16.3 Å². The van der Waals surface area contributed by atoms with Crippen LogP contribution in [0.3, 0.4) is 0 Å². The molecule has 23 heavy (non-hydrogen) atoms. The fourth-order valence-corrected chi connectivity index (χ4v) is 2.84. The third-order valence-electron chi connectivity index (χ3n) is 3.29. The summed E-state index contributed by atoms with van der Waals surface area (Å²) in [7, 11) is 0. The first kappa shape index (κ1) is 17.8. The van der Waals surface area contributed by atoms with Crippen LogP contribution in [0.2, 0.25) is 5.02 Å². The summed E-state index contributed by atoms with van der Waals surface area (Å²) in [5, 5.41) is 0.643. The largest absolute Gasteiger partial charge is 0.491 e. The molecule has 5 nitrogen and oxygen atoms in total. The molecular formula is C16H19BrClN3O2. The van der Waals surface area contributed by atoms with Gasteiger partial charge in [0.1, 0.15) is 18.7 Å². The Kier molecular flexibility index (Phi) is 6.92. The van der Waals surface area contributed by atoms with E-state index < -0.39 is 0 Å². The van der Waals surface area contributed by atoms with Gasteiger partial charge in [0, 0.05) is 24.0 Å². The first-order valence-electron chi connectivity index (χ1n) is 7.47. The number of imidazole rings is 1. The van der Waals surface area contributed by atoms with E-state index in [1.807, 2.05) is 0 Å². The van der Waals surface area contributed by atoms with Crippen molar-refractivity contribution in [3.8, 4) is 5.75 Å². The van der Waals surface area contributed by atoms with E-state index >= 15 is 0 Å². The number of amides is 1. The summed E-state index contributed by atoms with van der Waals surface area (Å²) >= 11 is 9.32. The smallest absolute Gasteiger partial charge is 0.329 e. The SMILES string of the molecule is CCCCN(CCOc1ccc(Cl)cc1Br)C(=O)n1ccnc1. The summed E-state index contributed by atoms with van der Waals surface area (Å²) in [6, 6.07) is 5.27. The number of hydrogen-bond donors (Lipinski definition) is 0. The molecule has 0 saturated carbocycles. The molecule has 1 heterocycles. The third kappa shape index (κ3) is 5.25. The molecule has 1 aromatic heterocycles. The number of unbranched alkanes of at least 4 members (excludes halogenated alkanes) is 1. The summed E-state index contributed by atoms with van der Waals surface area (Å²) in [6.45, 7) is 3.70. The normalized spacial score (nSPS) is 10.6. The lowest BCUT2D eigenvalue weighted by Crippen LogP contribution is -2.38. The number of aromatic nitrogens is 2. The second kappa shape index (κ2) is 8.93. The molecular weight excluding hydrogens is 382 g/mol. The third-order valence-corrected chi connectivity index (χ3v) is 4.14. The summed E-state index contributed by atoms with van der Waals surface area (Å²) in [5.41, 5.74) is 0. The number of hydrogen-bond acceptors (Lipinski definition) is 3. The number of benzene rings is 1. The molecule has 124 valence electrons. The Hall–Kier alpha value is -1.53. The molecule has 0 saturated heterocycles. The predicted molar refractivity (Wildman–Crippen MR) is 94.1 cm³/mol. The van der Waals surface area contributed by atoms with Gasteiger partial charge in [-0.15, -0.1) is 0 Å². The molecule has 2 aromatic rings. The van der Waals surface area contributed by atoms with E-state index in [9.17, 15) is 4.79 Å². The van der Waals surface area contributed by atoms with Crippen molar-refractivity contribution in [1.29, 1.82) is 0 Å². The van der Waals surface area contributed by atoms with Crippen LogP contribution in [-0.4, -0.2) is 40.2 Å². The summed E-state index contributed by atoms with van der Waals surface area (Å²) in [5.74, 6) is 0.708. The van der Waals surface area contributed by atoms with Gasteiger partial charge in [0.15, 0.2) is 0 Å². The number of carbonyl (C=O) groups is 1. The van der Waals surface area contributed by atoms with Gasteiger partial charge in [-0.3, -0.25) is 4.57 Å². The van der Waals surface area contributed by atoms with Crippen LogP contribution < -0.4 is 4.74 Å². The van der Waals surface area contributed by atoms with Gasteiger partial charge in [0.25, 0.3) is 0 Å². The monoisotopic (exact) mass is 399 g/mol. The van der Waals surface area contributed by atoms with Crippen LogP contribution in [0, 0.1) is 0 Å². The minimum Gasteiger partial charge on any atom is -0.491 e. The first-order chi connectivity index (χ1) is 11.1. The minimum absolute atomic E-state index is 0.0882. The highest BCUT2D eigenvalue weighted by Crippen LogP contribution is 2.27. The molecule has 1 aromatic carbocycles. The van der Waals surface area contributed by atoms with Gasteiger partial charge in [-0.05, 0) is 40.5 Å². The lowest BCUT2D eigenvalue weighted by atomic mass is 10.3. The van der Waals surface area contributed by atoms with Gasteiger partial charge >= 0.3 is 6.03 Å². The van der Waals surface area contributed by atoms with Crippen molar-refractivity contribution in [3.63, 3.8) is 0 Å². The van der Waals surface area contributed by atoms with Crippen molar-refractivity contribution in [3.05, 3.63) is 46.4 Å². The van der Waals surface area contributed by atoms with E-state index in [1.54, 1.807) is 35.5 Å². The average Bonchev–Trinajstić information content (AvgIpc) is 3.06. The molecule has 0 bridgehead atoms. The topological polar surface area (TPSA) is 47.4 Å². The fourth-order valence-electron chi connectivity index (χ4n) is 2.05. The Bertz CT molecular complexity index is 634. The molecule has 0 spiro atoms. The van der Waals surface area contributed by atoms with Crippen LogP contribution in [0.15, 0.2) is 41.4 Å². The zero-order valence-electron chi connectivity index (χ0n) is 12.9. The molecule has 1 amide bonds. The van der Waals surface area contributed by atoms with Crippen molar-refractivity contribution >= 4 is 33.6 Å². The lowest BCUT2D eigenvalue weighted by molar-refractivity contribution is 0.182. The molecule has 0 atom stereocenters. The van der Waals surface area contributed by atoms with Crippen LogP contribution in [0.4, 0.5) is 4.79 Å². The average molecular weight is 401 g/mol. The molecule has 0 aliphatic carbocycles. The van der Waals surface area contributed by atoms with Gasteiger partial charge < -0.3 is 9.64 Å². The van der Waals surface area contributed by atoms with Gasteiger partial charge in [-0.25, -0.2) is 9.78 Å². The van der Waals surface area contributed by atoms with Crippen molar-refractivity contribution in [2.24, 2.45) is 0 Å². The standard InChI is InChI=1S/C16H19BrClN3O2/c1-2-3-7-20(16(22)21-8-6-19-12-21)9-10-23-15-5-4-13(18)11-14(15)17/h4-6,8,11-12H,2-3,7,9-10H2,1H3. The molecule has 0 aliphatic heterocycles. The fraction of sp³-hybridized carbons (Fsp3) is 0.375.